The monoisotopic (exact) mass is 367 g/mol. The molecule has 2 aliphatic heterocycles. The second kappa shape index (κ2) is 7.43. The number of esters is 1. The van der Waals surface area contributed by atoms with Crippen LogP contribution in [0.4, 0.5) is 5.00 Å². The van der Waals surface area contributed by atoms with Crippen molar-refractivity contribution >= 4 is 28.2 Å². The minimum atomic E-state index is -0.360. The Morgan fingerprint density at radius 2 is 2.04 bits per heavy atom. The molecule has 25 heavy (non-hydrogen) atoms. The first-order valence-electron chi connectivity index (χ1n) is 8.98. The maximum Gasteiger partial charge on any atom is 0.341 e. The number of hydrogen-bond acceptors (Lipinski definition) is 5. The van der Waals surface area contributed by atoms with Gasteiger partial charge in [-0.05, 0) is 26.3 Å². The average molecular weight is 367 g/mol. The highest BCUT2D eigenvalue weighted by molar-refractivity contribution is 7.17. The molecule has 1 aromatic rings. The van der Waals surface area contributed by atoms with Crippen LogP contribution in [0.5, 0.6) is 0 Å². The fraction of sp³-hybridized carbons (Fsp3) is 0.667. The molecule has 7 heteroatoms. The van der Waals surface area contributed by atoms with Crippen LogP contribution in [0.1, 0.15) is 54.4 Å². The Bertz CT molecular complexity index is 662. The highest BCUT2D eigenvalue weighted by atomic mass is 32.1. The number of thiophene rings is 1. The average Bonchev–Trinajstić information content (AvgIpc) is 3.13. The molecule has 0 aromatic carbocycles. The van der Waals surface area contributed by atoms with E-state index in [1.54, 1.807) is 6.92 Å². The van der Waals surface area contributed by atoms with Gasteiger partial charge >= 0.3 is 5.97 Å². The lowest BCUT2D eigenvalue weighted by atomic mass is 9.93. The van der Waals surface area contributed by atoms with Gasteiger partial charge in [0, 0.05) is 24.1 Å². The third kappa shape index (κ3) is 4.22. The molecule has 3 rings (SSSR count). The lowest BCUT2D eigenvalue weighted by Crippen LogP contribution is -3.11. The summed E-state index contributed by atoms with van der Waals surface area (Å²) in [6, 6.07) is 0. The molecule has 0 atom stereocenters. The maximum absolute atomic E-state index is 12.5. The molecule has 0 radical (unpaired) electrons. The van der Waals surface area contributed by atoms with Gasteiger partial charge in [0.25, 0.3) is 5.91 Å². The number of hydrogen-bond donors (Lipinski definition) is 2. The minimum Gasteiger partial charge on any atom is -0.462 e. The number of amides is 1. The van der Waals surface area contributed by atoms with E-state index in [0.717, 1.165) is 23.5 Å². The molecular weight excluding hydrogens is 340 g/mol. The van der Waals surface area contributed by atoms with Crippen LogP contribution in [0.25, 0.3) is 0 Å². The van der Waals surface area contributed by atoms with Gasteiger partial charge in [-0.2, -0.15) is 0 Å². The minimum absolute atomic E-state index is 0.0405. The number of rotatable bonds is 5. The Hall–Kier alpha value is -1.44. The van der Waals surface area contributed by atoms with Crippen LogP contribution in [0.15, 0.2) is 0 Å². The number of carbonyl (C=O) groups excluding carboxylic acids is 2. The summed E-state index contributed by atoms with van der Waals surface area (Å²) in [6.45, 7) is 9.13. The van der Waals surface area contributed by atoms with E-state index in [0.29, 0.717) is 36.7 Å². The number of nitrogens with one attached hydrogen (secondary N) is 2. The van der Waals surface area contributed by atoms with E-state index < -0.39 is 0 Å². The zero-order valence-electron chi connectivity index (χ0n) is 15.2. The van der Waals surface area contributed by atoms with Gasteiger partial charge in [-0.1, -0.05) is 0 Å². The largest absolute Gasteiger partial charge is 0.462 e. The molecule has 2 N–H and O–H groups in total. The molecule has 0 spiro atoms. The third-order valence-electron chi connectivity index (χ3n) is 4.74. The molecule has 0 unspecified atom stereocenters. The first-order chi connectivity index (χ1) is 11.9. The molecular formula is C18H27N2O4S+. The van der Waals surface area contributed by atoms with Crippen molar-refractivity contribution in [1.82, 2.24) is 0 Å². The molecule has 1 fully saturated rings. The summed E-state index contributed by atoms with van der Waals surface area (Å²) in [5.74, 6) is -0.400. The van der Waals surface area contributed by atoms with Crippen molar-refractivity contribution in [2.75, 3.05) is 31.6 Å². The second-order valence-corrected chi connectivity index (χ2v) is 8.44. The molecule has 0 bridgehead atoms. The Labute approximate surface area is 152 Å². The van der Waals surface area contributed by atoms with Crippen molar-refractivity contribution in [2.45, 2.75) is 52.2 Å². The number of ether oxygens (including phenoxy) is 2. The Kier molecular flexibility index (Phi) is 5.46. The number of fused-ring (bicyclic) bond motifs is 1. The van der Waals surface area contributed by atoms with Gasteiger partial charge in [0.05, 0.1) is 37.5 Å². The standard InChI is InChI=1S/C18H26N2O4S/c1-4-23-17(22)15-12-9-18(2,3)24-11-13(12)25-16(15)19-14(21)10-20-7-5-6-8-20/h4-11H2,1-3H3,(H,19,21)/p+1. The van der Waals surface area contributed by atoms with Crippen molar-refractivity contribution in [1.29, 1.82) is 0 Å². The number of quaternary nitrogens is 1. The summed E-state index contributed by atoms with van der Waals surface area (Å²) in [6.07, 6.45) is 2.99. The summed E-state index contributed by atoms with van der Waals surface area (Å²) in [7, 11) is 0. The molecule has 1 amide bonds. The van der Waals surface area contributed by atoms with Crippen LogP contribution in [0.3, 0.4) is 0 Å². The Morgan fingerprint density at radius 1 is 1.32 bits per heavy atom. The fourth-order valence-corrected chi connectivity index (χ4v) is 4.65. The van der Waals surface area contributed by atoms with E-state index in [2.05, 4.69) is 5.32 Å². The predicted octanol–water partition coefficient (Wildman–Crippen LogP) is 1.39. The first kappa shape index (κ1) is 18.4. The van der Waals surface area contributed by atoms with Crippen LogP contribution < -0.4 is 10.2 Å². The highest BCUT2D eigenvalue weighted by Gasteiger charge is 2.34. The van der Waals surface area contributed by atoms with E-state index in [1.807, 2.05) is 13.8 Å². The van der Waals surface area contributed by atoms with Crippen molar-refractivity contribution in [3.05, 3.63) is 16.0 Å². The smallest absolute Gasteiger partial charge is 0.341 e. The molecule has 1 aromatic heterocycles. The summed E-state index contributed by atoms with van der Waals surface area (Å²) in [4.78, 5) is 27.3. The Morgan fingerprint density at radius 3 is 2.72 bits per heavy atom. The number of carbonyl (C=O) groups is 2. The van der Waals surface area contributed by atoms with Crippen LogP contribution in [-0.4, -0.2) is 43.7 Å². The molecule has 0 saturated carbocycles. The van der Waals surface area contributed by atoms with Gasteiger partial charge in [-0.15, -0.1) is 11.3 Å². The zero-order valence-corrected chi connectivity index (χ0v) is 16.0. The number of likely N-dealkylation sites (tertiary alicyclic amines) is 1. The van der Waals surface area contributed by atoms with Crippen LogP contribution in [-0.2, 0) is 27.3 Å². The van der Waals surface area contributed by atoms with Gasteiger partial charge < -0.3 is 19.7 Å². The summed E-state index contributed by atoms with van der Waals surface area (Å²) in [5, 5.41) is 3.57. The van der Waals surface area contributed by atoms with Crippen LogP contribution >= 0.6 is 11.3 Å². The lowest BCUT2D eigenvalue weighted by molar-refractivity contribution is -0.878. The summed E-state index contributed by atoms with van der Waals surface area (Å²) >= 11 is 1.44. The summed E-state index contributed by atoms with van der Waals surface area (Å²) in [5.41, 5.74) is 1.16. The SMILES string of the molecule is CCOC(=O)c1c(NC(=O)C[NH+]2CCCC2)sc2c1CC(C)(C)OC2. The molecule has 0 aliphatic carbocycles. The van der Waals surface area contributed by atoms with Crippen LogP contribution in [0, 0.1) is 0 Å². The molecule has 1 saturated heterocycles. The highest BCUT2D eigenvalue weighted by Crippen LogP contribution is 2.40. The molecule has 6 nitrogen and oxygen atoms in total. The van der Waals surface area contributed by atoms with Gasteiger partial charge in [0.1, 0.15) is 5.00 Å². The van der Waals surface area contributed by atoms with Gasteiger partial charge in [-0.3, -0.25) is 4.79 Å². The van der Waals surface area contributed by atoms with Gasteiger partial charge in [-0.25, -0.2) is 4.79 Å². The van der Waals surface area contributed by atoms with E-state index in [-0.39, 0.29) is 17.5 Å². The lowest BCUT2D eigenvalue weighted by Gasteiger charge is -2.30. The van der Waals surface area contributed by atoms with Crippen LogP contribution in [0.2, 0.25) is 0 Å². The second-order valence-electron chi connectivity index (χ2n) is 7.34. The van der Waals surface area contributed by atoms with Crippen molar-refractivity contribution in [2.24, 2.45) is 0 Å². The van der Waals surface area contributed by atoms with E-state index in [4.69, 9.17) is 9.47 Å². The predicted molar refractivity (Wildman–Crippen MR) is 96.3 cm³/mol. The molecule has 3 heterocycles. The van der Waals surface area contributed by atoms with Gasteiger partial charge in [0.15, 0.2) is 6.54 Å². The molecule has 138 valence electrons. The topological polar surface area (TPSA) is 69.1 Å². The molecule has 2 aliphatic rings. The van der Waals surface area contributed by atoms with E-state index in [9.17, 15) is 9.59 Å². The maximum atomic E-state index is 12.5. The number of anilines is 1. The van der Waals surface area contributed by atoms with Gasteiger partial charge in [0.2, 0.25) is 0 Å². The van der Waals surface area contributed by atoms with Crippen molar-refractivity contribution in [3.63, 3.8) is 0 Å². The zero-order chi connectivity index (χ0) is 18.0. The first-order valence-corrected chi connectivity index (χ1v) is 9.80. The van der Waals surface area contributed by atoms with Crippen molar-refractivity contribution < 1.29 is 24.0 Å². The summed E-state index contributed by atoms with van der Waals surface area (Å²) < 4.78 is 11.1. The van der Waals surface area contributed by atoms with Crippen molar-refractivity contribution in [3.8, 4) is 0 Å². The van der Waals surface area contributed by atoms with E-state index >= 15 is 0 Å². The quantitative estimate of drug-likeness (QED) is 0.772. The third-order valence-corrected chi connectivity index (χ3v) is 5.86. The Balaban J connectivity index is 1.83. The normalized spacial score (nSPS) is 19.5. The van der Waals surface area contributed by atoms with E-state index in [1.165, 1.54) is 29.1 Å². The fourth-order valence-electron chi connectivity index (χ4n) is 3.51.